The molecule has 12 fully saturated rings. The van der Waals surface area contributed by atoms with E-state index in [1.807, 2.05) is 20.8 Å². The number of carbonyl (C=O) groups is 6. The van der Waals surface area contributed by atoms with E-state index in [1.165, 1.54) is 25.7 Å². The van der Waals surface area contributed by atoms with Crippen LogP contribution in [0.3, 0.4) is 0 Å². The quantitative estimate of drug-likeness (QED) is 0.0469. The van der Waals surface area contributed by atoms with Crippen LogP contribution in [0, 0.1) is 70.5 Å². The maximum absolute atomic E-state index is 12.1. The highest BCUT2D eigenvalue weighted by Gasteiger charge is 2.61. The van der Waals surface area contributed by atoms with Gasteiger partial charge in [-0.05, 0) is 245 Å². The summed E-state index contributed by atoms with van der Waals surface area (Å²) in [5, 5.41) is 0. The van der Waals surface area contributed by atoms with E-state index in [-0.39, 0.29) is 117 Å². The van der Waals surface area contributed by atoms with E-state index in [1.54, 1.807) is 0 Å². The van der Waals surface area contributed by atoms with Crippen LogP contribution < -0.4 is 0 Å². The summed E-state index contributed by atoms with van der Waals surface area (Å²) in [6.45, 7) is 46.9. The lowest BCUT2D eigenvalue weighted by atomic mass is 9.83. The molecule has 101 heavy (non-hydrogen) atoms. The fourth-order valence-corrected chi connectivity index (χ4v) is 16.2. The normalized spacial score (nSPS) is 36.8. The summed E-state index contributed by atoms with van der Waals surface area (Å²) in [4.78, 5) is 71.2. The van der Waals surface area contributed by atoms with Gasteiger partial charge in [0.05, 0.1) is 144 Å². The third-order valence-corrected chi connectivity index (χ3v) is 23.9. The van der Waals surface area contributed by atoms with Crippen molar-refractivity contribution < 1.29 is 85.6 Å². The number of rotatable bonds is 25. The van der Waals surface area contributed by atoms with Crippen molar-refractivity contribution in [3.8, 4) is 0 Å². The van der Waals surface area contributed by atoms with Crippen LogP contribution in [0.4, 0.5) is 0 Å². The van der Waals surface area contributed by atoms with E-state index < -0.39 is 0 Å². The lowest BCUT2D eigenvalue weighted by Crippen LogP contribution is -2.30. The monoisotopic (exact) mass is 1430 g/mol. The Balaban J connectivity index is 0.000000171. The van der Waals surface area contributed by atoms with E-state index in [0.29, 0.717) is 98.1 Å². The van der Waals surface area contributed by atoms with Gasteiger partial charge in [0.25, 0.3) is 0 Å². The van der Waals surface area contributed by atoms with Crippen molar-refractivity contribution in [2.75, 3.05) is 26.4 Å². The Kier molecular flexibility index (Phi) is 30.6. The molecule has 6 saturated heterocycles. The molecule has 6 heterocycles. The smallest absolute Gasteiger partial charge is 0.309 e. The highest BCUT2D eigenvalue weighted by molar-refractivity contribution is 5.75. The van der Waals surface area contributed by atoms with Gasteiger partial charge in [0.1, 0.15) is 0 Å². The number of fused-ring (bicyclic) bond motifs is 6. The van der Waals surface area contributed by atoms with E-state index >= 15 is 0 Å². The molecule has 18 nitrogen and oxygen atoms in total. The predicted octanol–water partition coefficient (Wildman–Crippen LogP) is 17.1. The predicted molar refractivity (Wildman–Crippen MR) is 389 cm³/mol. The number of hydrogen-bond acceptors (Lipinski definition) is 18. The average Bonchev–Trinajstić information content (AvgIpc) is 1.65. The van der Waals surface area contributed by atoms with Gasteiger partial charge in [-0.2, -0.15) is 0 Å². The lowest BCUT2D eigenvalue weighted by molar-refractivity contribution is -0.155. The minimum atomic E-state index is -0.0439. The van der Waals surface area contributed by atoms with Gasteiger partial charge in [-0.15, -0.1) is 0 Å². The largest absolute Gasteiger partial charge is 0.465 e. The molecule has 0 spiro atoms. The Morgan fingerprint density at radius 3 is 1.00 bits per heavy atom. The number of esters is 6. The summed E-state index contributed by atoms with van der Waals surface area (Å²) < 4.78 is 65.8. The Morgan fingerprint density at radius 2 is 0.713 bits per heavy atom. The average molecular weight is 1430 g/mol. The second kappa shape index (κ2) is 36.5. The minimum Gasteiger partial charge on any atom is -0.465 e. The second-order valence-electron chi connectivity index (χ2n) is 37.0. The summed E-state index contributed by atoms with van der Waals surface area (Å²) in [6, 6.07) is 0. The standard InChI is InChI=1S/C17H30O3.C16H28O3.C14H24O3.C13H22O3.C12H20O3.C11H18O3/c1-12(11-16(2,3)4)7-9-19-15(18)13-6-8-17(5)14(10-13)20-17;1-4-6-7-12(5-2)11-18-15(17)13-8-9-16(3)14(10-13)19-16;1-9(2)7-10(3)16-13(15)11-5-6-14(4)12(8-11)17-14;1-9(2)5-7-15-12(14)10-4-6-13(3)11(8-10)16-13;1-8(2)7-14-11(13)9-4-5-12(3)10(6-9)15-12;1-7(2)13-10(12)8-4-5-11(3)9(6-8)14-11/h12-14H,6-11H2,1-5H3;12-14H,4-11H2,1-3H3;9-12H,5-8H2,1-4H3;9-11H,4-8H2,1-3H3;8-10H,4-7H2,1-3H3;7-9H,4-6H2,1-3H3. The number of ether oxygens (including phenoxy) is 12. The first-order valence-corrected chi connectivity index (χ1v) is 40.4. The zero-order valence-corrected chi connectivity index (χ0v) is 67.0. The van der Waals surface area contributed by atoms with Crippen LogP contribution in [0.2, 0.25) is 0 Å². The van der Waals surface area contributed by atoms with Crippen LogP contribution in [0.5, 0.6) is 0 Å². The molecule has 0 amide bonds. The first-order chi connectivity index (χ1) is 47.2. The molecular formula is C83H142O18. The molecule has 582 valence electrons. The molecular weight excluding hydrogens is 1280 g/mol. The number of carbonyl (C=O) groups excluding carboxylic acids is 6. The maximum Gasteiger partial charge on any atom is 0.309 e. The van der Waals surface area contributed by atoms with Crippen LogP contribution in [-0.4, -0.2) is 145 Å². The summed E-state index contributed by atoms with van der Waals surface area (Å²) in [6.07, 6.45) is 27.3. The maximum atomic E-state index is 12.1. The minimum absolute atomic E-state index is 0.00377. The molecule has 0 aromatic heterocycles. The van der Waals surface area contributed by atoms with Crippen molar-refractivity contribution in [1.29, 1.82) is 0 Å². The molecule has 6 saturated carbocycles. The van der Waals surface area contributed by atoms with E-state index in [2.05, 4.69) is 125 Å². The van der Waals surface area contributed by atoms with Gasteiger partial charge in [-0.3, -0.25) is 28.8 Å². The van der Waals surface area contributed by atoms with Crippen molar-refractivity contribution in [3.05, 3.63) is 0 Å². The van der Waals surface area contributed by atoms with Crippen molar-refractivity contribution >= 4 is 35.8 Å². The highest BCUT2D eigenvalue weighted by Crippen LogP contribution is 2.54. The zero-order valence-electron chi connectivity index (χ0n) is 67.0. The van der Waals surface area contributed by atoms with Gasteiger partial charge in [0.2, 0.25) is 0 Å². The van der Waals surface area contributed by atoms with Gasteiger partial charge >= 0.3 is 35.8 Å². The van der Waals surface area contributed by atoms with Crippen LogP contribution in [-0.2, 0) is 85.6 Å². The SMILES string of the molecule is CC(C)CC(C)OC(=O)C1CCC2(C)OC2C1.CC(C)CCOC(=O)C1CCC2(C)OC2C1.CC(C)COC(=O)C1CCC2(C)OC2C1.CC(C)OC(=O)C1CCC2(C)OC2C1.CC(CCOC(=O)C1CCC2(C)OC2C1)CC(C)(C)C.CCCCC(CC)COC(=O)C1CCC2(C)OC2C1. The Morgan fingerprint density at radius 1 is 0.396 bits per heavy atom. The first kappa shape index (κ1) is 84.8. The highest BCUT2D eigenvalue weighted by atomic mass is 16.6. The van der Waals surface area contributed by atoms with Crippen molar-refractivity contribution in [2.45, 2.75) is 395 Å². The Hall–Kier alpha value is -3.42. The Bertz CT molecular complexity index is 2670. The summed E-state index contributed by atoms with van der Waals surface area (Å²) in [7, 11) is 0. The molecule has 12 aliphatic rings. The van der Waals surface area contributed by atoms with Gasteiger partial charge in [0.15, 0.2) is 0 Å². The molecule has 0 radical (unpaired) electrons. The number of hydrogen-bond donors (Lipinski definition) is 0. The molecule has 12 rings (SSSR count). The van der Waals surface area contributed by atoms with Gasteiger partial charge in [-0.1, -0.05) is 102 Å². The molecule has 0 aromatic carbocycles. The molecule has 18 heteroatoms. The van der Waals surface area contributed by atoms with Gasteiger partial charge in [0, 0.05) is 0 Å². The number of epoxide rings is 6. The van der Waals surface area contributed by atoms with Crippen molar-refractivity contribution in [2.24, 2.45) is 70.5 Å². The van der Waals surface area contributed by atoms with Crippen LogP contribution in [0.15, 0.2) is 0 Å². The van der Waals surface area contributed by atoms with Crippen LogP contribution in [0.25, 0.3) is 0 Å². The third kappa shape index (κ3) is 26.8. The van der Waals surface area contributed by atoms with Crippen LogP contribution in [0.1, 0.15) is 312 Å². The lowest BCUT2D eigenvalue weighted by Gasteiger charge is -2.24. The fourth-order valence-electron chi connectivity index (χ4n) is 16.2. The molecule has 6 aliphatic heterocycles. The van der Waals surface area contributed by atoms with E-state index in [4.69, 9.17) is 56.8 Å². The zero-order chi connectivity index (χ0) is 74.6. The summed E-state index contributed by atoms with van der Waals surface area (Å²) in [5.41, 5.74) is 0.876. The molecule has 21 unspecified atom stereocenters. The first-order valence-electron chi connectivity index (χ1n) is 40.4. The topological polar surface area (TPSA) is 233 Å². The van der Waals surface area contributed by atoms with Crippen molar-refractivity contribution in [3.63, 3.8) is 0 Å². The van der Waals surface area contributed by atoms with Gasteiger partial charge < -0.3 is 56.8 Å². The third-order valence-electron chi connectivity index (χ3n) is 23.9. The van der Waals surface area contributed by atoms with Crippen LogP contribution >= 0.6 is 0 Å². The molecule has 21 atom stereocenters. The second-order valence-corrected chi connectivity index (χ2v) is 37.0. The van der Waals surface area contributed by atoms with Crippen molar-refractivity contribution in [1.82, 2.24) is 0 Å². The van der Waals surface area contributed by atoms with E-state index in [9.17, 15) is 28.8 Å². The fraction of sp³-hybridized carbons (Fsp3) is 0.928. The molecule has 0 bridgehead atoms. The summed E-state index contributed by atoms with van der Waals surface area (Å²) >= 11 is 0. The molecule has 0 N–H and O–H groups in total. The molecule has 0 aromatic rings. The Labute approximate surface area is 610 Å². The van der Waals surface area contributed by atoms with E-state index in [0.717, 1.165) is 141 Å². The molecule has 6 aliphatic carbocycles. The summed E-state index contributed by atoms with van der Waals surface area (Å²) in [5.74, 6) is 3.02. The van der Waals surface area contributed by atoms with Gasteiger partial charge in [-0.25, -0.2) is 0 Å². The number of unbranched alkanes of at least 4 members (excludes halogenated alkanes) is 1.